The van der Waals surface area contributed by atoms with E-state index in [1.165, 1.54) is 0 Å². The molecule has 3 aromatic carbocycles. The molecule has 2 amide bonds. The van der Waals surface area contributed by atoms with Gasteiger partial charge in [0.15, 0.2) is 5.82 Å². The topological polar surface area (TPSA) is 50.2 Å². The van der Waals surface area contributed by atoms with Gasteiger partial charge in [-0.05, 0) is 86.2 Å². The largest absolute Gasteiger partial charge is 0.335 e. The number of carbonyl (C=O) groups excluding carboxylic acids is 1. The molecule has 0 aliphatic heterocycles. The summed E-state index contributed by atoms with van der Waals surface area (Å²) >= 11 is 12.5. The van der Waals surface area contributed by atoms with Crippen LogP contribution in [0.15, 0.2) is 72.8 Å². The number of carbonyl (C=O) groups is 1. The van der Waals surface area contributed by atoms with Crippen LogP contribution in [0.25, 0.3) is 16.6 Å². The van der Waals surface area contributed by atoms with Crippen LogP contribution < -0.4 is 10.2 Å². The average Bonchev–Trinajstić information content (AvgIpc) is 3.21. The summed E-state index contributed by atoms with van der Waals surface area (Å²) in [5.41, 5.74) is 2.27. The Kier molecular flexibility index (Phi) is 6.48. The molecule has 1 aliphatic carbocycles. The molecule has 5 rings (SSSR count). The Hall–Kier alpha value is -3.02. The van der Waals surface area contributed by atoms with Crippen LogP contribution in [0.3, 0.4) is 0 Å². The van der Waals surface area contributed by atoms with Gasteiger partial charge in [0.2, 0.25) is 0 Å². The fraction of sp³-hybridized carbons (Fsp3) is 0.259. The molecule has 174 valence electrons. The van der Waals surface area contributed by atoms with Gasteiger partial charge in [-0.15, -0.1) is 0 Å². The average molecular weight is 493 g/mol. The van der Waals surface area contributed by atoms with Crippen LogP contribution in [-0.4, -0.2) is 21.9 Å². The van der Waals surface area contributed by atoms with Gasteiger partial charge < -0.3 is 5.32 Å². The highest BCUT2D eigenvalue weighted by Gasteiger charge is 2.29. The van der Waals surface area contributed by atoms with Crippen LogP contribution in [0.5, 0.6) is 0 Å². The van der Waals surface area contributed by atoms with Gasteiger partial charge in [-0.2, -0.15) is 5.10 Å². The maximum atomic E-state index is 13.9. The van der Waals surface area contributed by atoms with Gasteiger partial charge in [0.25, 0.3) is 0 Å². The van der Waals surface area contributed by atoms with Crippen molar-refractivity contribution in [2.75, 3.05) is 4.90 Å². The van der Waals surface area contributed by atoms with Crippen LogP contribution in [-0.2, 0) is 0 Å². The van der Waals surface area contributed by atoms with Crippen molar-refractivity contribution in [3.8, 4) is 5.69 Å². The van der Waals surface area contributed by atoms with E-state index in [4.69, 9.17) is 28.3 Å². The number of halogens is 2. The molecule has 0 saturated heterocycles. The molecule has 0 radical (unpaired) electrons. The number of aromatic nitrogens is 2. The lowest BCUT2D eigenvalue weighted by Gasteiger charge is -2.30. The summed E-state index contributed by atoms with van der Waals surface area (Å²) in [6.45, 7) is 2.27. The third kappa shape index (κ3) is 4.63. The van der Waals surface area contributed by atoms with E-state index in [0.29, 0.717) is 27.5 Å². The highest BCUT2D eigenvalue weighted by molar-refractivity contribution is 6.31. The molecular formula is C27H26Cl2N4O. The number of nitrogens with one attached hydrogen (secondary N) is 1. The van der Waals surface area contributed by atoms with E-state index in [-0.39, 0.29) is 12.1 Å². The first-order chi connectivity index (χ1) is 16.5. The number of benzene rings is 3. The van der Waals surface area contributed by atoms with Crippen LogP contribution in [0.2, 0.25) is 10.0 Å². The first kappa shape index (κ1) is 22.8. The summed E-state index contributed by atoms with van der Waals surface area (Å²) < 4.78 is 1.80. The second-order valence-corrected chi connectivity index (χ2v) is 9.82. The Labute approximate surface area is 209 Å². The van der Waals surface area contributed by atoms with Gasteiger partial charge >= 0.3 is 6.03 Å². The first-order valence-electron chi connectivity index (χ1n) is 11.6. The number of anilines is 2. The van der Waals surface area contributed by atoms with E-state index in [2.05, 4.69) is 12.2 Å². The molecule has 1 fully saturated rings. The zero-order valence-electron chi connectivity index (χ0n) is 18.9. The molecule has 34 heavy (non-hydrogen) atoms. The van der Waals surface area contributed by atoms with Gasteiger partial charge in [0.1, 0.15) is 0 Å². The lowest BCUT2D eigenvalue weighted by Crippen LogP contribution is -2.44. The molecule has 0 spiro atoms. The second kappa shape index (κ2) is 9.69. The maximum absolute atomic E-state index is 13.9. The molecule has 0 atom stereocenters. The van der Waals surface area contributed by atoms with Gasteiger partial charge in [-0.1, -0.05) is 48.3 Å². The molecule has 7 heteroatoms. The van der Waals surface area contributed by atoms with E-state index >= 15 is 0 Å². The first-order valence-corrected chi connectivity index (χ1v) is 12.3. The predicted octanol–water partition coefficient (Wildman–Crippen LogP) is 7.76. The Morgan fingerprint density at radius 1 is 0.941 bits per heavy atom. The molecule has 1 saturated carbocycles. The van der Waals surface area contributed by atoms with Crippen molar-refractivity contribution in [2.45, 2.75) is 38.6 Å². The van der Waals surface area contributed by atoms with Crippen molar-refractivity contribution in [1.82, 2.24) is 15.1 Å². The third-order valence-electron chi connectivity index (χ3n) is 6.45. The van der Waals surface area contributed by atoms with Crippen LogP contribution in [0, 0.1) is 5.92 Å². The molecule has 0 bridgehead atoms. The number of urea groups is 1. The molecule has 1 aromatic heterocycles. The van der Waals surface area contributed by atoms with Crippen molar-refractivity contribution < 1.29 is 4.79 Å². The minimum absolute atomic E-state index is 0.142. The molecule has 0 unspecified atom stereocenters. The van der Waals surface area contributed by atoms with E-state index in [1.807, 2.05) is 60.7 Å². The molecule has 1 N–H and O–H groups in total. The van der Waals surface area contributed by atoms with Crippen molar-refractivity contribution in [1.29, 1.82) is 0 Å². The Balaban J connectivity index is 1.65. The van der Waals surface area contributed by atoms with E-state index in [9.17, 15) is 4.79 Å². The summed E-state index contributed by atoms with van der Waals surface area (Å²) in [6, 6.07) is 22.6. The molecule has 4 aromatic rings. The molecular weight excluding hydrogens is 467 g/mol. The van der Waals surface area contributed by atoms with Crippen LogP contribution in [0.4, 0.5) is 16.3 Å². The van der Waals surface area contributed by atoms with Crippen LogP contribution in [0.1, 0.15) is 32.6 Å². The number of nitrogens with zero attached hydrogens (tertiary/aromatic N) is 3. The van der Waals surface area contributed by atoms with Crippen LogP contribution >= 0.6 is 23.2 Å². The smallest absolute Gasteiger partial charge is 0.327 e. The molecule has 5 nitrogen and oxygen atoms in total. The van der Waals surface area contributed by atoms with E-state index in [1.54, 1.807) is 21.7 Å². The third-order valence-corrected chi connectivity index (χ3v) is 6.94. The predicted molar refractivity (Wildman–Crippen MR) is 140 cm³/mol. The number of rotatable bonds is 4. The Bertz CT molecular complexity index is 1310. The second-order valence-electron chi connectivity index (χ2n) is 8.95. The highest BCUT2D eigenvalue weighted by atomic mass is 35.5. The zero-order chi connectivity index (χ0) is 23.7. The van der Waals surface area contributed by atoms with E-state index in [0.717, 1.165) is 42.3 Å². The number of hydrogen-bond acceptors (Lipinski definition) is 2. The zero-order valence-corrected chi connectivity index (χ0v) is 20.4. The number of hydrogen-bond donors (Lipinski definition) is 1. The van der Waals surface area contributed by atoms with Crippen molar-refractivity contribution in [3.63, 3.8) is 0 Å². The van der Waals surface area contributed by atoms with Crippen molar-refractivity contribution in [3.05, 3.63) is 82.8 Å². The molecule has 1 aliphatic rings. The van der Waals surface area contributed by atoms with Gasteiger partial charge in [-0.25, -0.2) is 14.4 Å². The number of amides is 2. The van der Waals surface area contributed by atoms with Gasteiger partial charge in [0.05, 0.1) is 16.9 Å². The fourth-order valence-electron chi connectivity index (χ4n) is 4.59. The van der Waals surface area contributed by atoms with E-state index < -0.39 is 0 Å². The fourth-order valence-corrected chi connectivity index (χ4v) is 4.90. The quantitative estimate of drug-likeness (QED) is 0.316. The molecule has 1 heterocycles. The Morgan fingerprint density at radius 3 is 2.41 bits per heavy atom. The minimum Gasteiger partial charge on any atom is -0.335 e. The van der Waals surface area contributed by atoms with Gasteiger partial charge in [0, 0.05) is 21.5 Å². The summed E-state index contributed by atoms with van der Waals surface area (Å²) in [5, 5.41) is 10.2. The van der Waals surface area contributed by atoms with Crippen molar-refractivity contribution >= 4 is 51.6 Å². The van der Waals surface area contributed by atoms with Crippen molar-refractivity contribution in [2.24, 2.45) is 5.92 Å². The normalized spacial score (nSPS) is 18.1. The Morgan fingerprint density at radius 2 is 1.68 bits per heavy atom. The SMILES string of the molecule is CC1CCC(NC(=O)N(c2cccc(Cl)c2)c2c3ccccc3nn2-c2ccc(Cl)cc2)CC1. The summed E-state index contributed by atoms with van der Waals surface area (Å²) in [6.07, 6.45) is 4.20. The maximum Gasteiger partial charge on any atom is 0.327 e. The standard InChI is InChI=1S/C27H26Cl2N4O/c1-18-9-13-21(14-10-18)30-27(34)32(23-6-4-5-20(29)17-23)26-24-7-2-3-8-25(24)31-33(26)22-15-11-19(28)12-16-22/h2-8,11-12,15-18,21H,9-10,13-14H2,1H3,(H,30,34). The van der Waals surface area contributed by atoms with Gasteiger partial charge in [-0.3, -0.25) is 0 Å². The monoisotopic (exact) mass is 492 g/mol. The number of fused-ring (bicyclic) bond motifs is 1. The minimum atomic E-state index is -0.192. The highest BCUT2D eigenvalue weighted by Crippen LogP contribution is 2.36. The lowest BCUT2D eigenvalue weighted by atomic mass is 9.87. The lowest BCUT2D eigenvalue weighted by molar-refractivity contribution is 0.236. The summed E-state index contributed by atoms with van der Waals surface area (Å²) in [5.74, 6) is 1.36. The summed E-state index contributed by atoms with van der Waals surface area (Å²) in [7, 11) is 0. The summed E-state index contributed by atoms with van der Waals surface area (Å²) in [4.78, 5) is 15.6.